The van der Waals surface area contributed by atoms with Crippen molar-refractivity contribution in [1.29, 1.82) is 0 Å². The number of carbonyl (C=O) groups excluding carboxylic acids is 2. The van der Waals surface area contributed by atoms with Crippen molar-refractivity contribution in [2.45, 2.75) is 13.3 Å². The predicted octanol–water partition coefficient (Wildman–Crippen LogP) is 2.09. The third-order valence-corrected chi connectivity index (χ3v) is 3.01. The van der Waals surface area contributed by atoms with Crippen molar-refractivity contribution in [3.05, 3.63) is 28.8 Å². The van der Waals surface area contributed by atoms with E-state index in [9.17, 15) is 9.59 Å². The van der Waals surface area contributed by atoms with Crippen LogP contribution >= 0.6 is 11.6 Å². The molecule has 1 aliphatic heterocycles. The van der Waals surface area contributed by atoms with Crippen LogP contribution in [-0.2, 0) is 4.79 Å². The van der Waals surface area contributed by atoms with Gasteiger partial charge in [-0.15, -0.1) is 0 Å². The molecule has 1 N–H and O–H groups in total. The molecule has 1 heterocycles. The molecule has 1 aromatic carbocycles. The van der Waals surface area contributed by atoms with Crippen LogP contribution in [0.25, 0.3) is 0 Å². The summed E-state index contributed by atoms with van der Waals surface area (Å²) < 4.78 is 0. The van der Waals surface area contributed by atoms with Gasteiger partial charge in [0.2, 0.25) is 5.91 Å². The highest BCUT2D eigenvalue weighted by atomic mass is 35.5. The monoisotopic (exact) mass is 238 g/mol. The number of aryl methyl sites for hydroxylation is 1. The smallest absolute Gasteiger partial charge is 0.292 e. The number of nitrogens with zero attached hydrogens (tertiary/aromatic N) is 1. The Kier molecular flexibility index (Phi) is 2.83. The highest BCUT2D eigenvalue weighted by molar-refractivity contribution is 6.34. The average molecular weight is 239 g/mol. The Balaban J connectivity index is 2.34. The molecule has 0 spiro atoms. The van der Waals surface area contributed by atoms with E-state index in [1.807, 2.05) is 19.1 Å². The first kappa shape index (κ1) is 11.0. The topological polar surface area (TPSA) is 49.4 Å². The number of nitrogens with one attached hydrogen (secondary N) is 1. The van der Waals surface area contributed by atoms with Crippen molar-refractivity contribution in [2.75, 3.05) is 11.4 Å². The molecule has 0 atom stereocenters. The molecule has 1 saturated heterocycles. The van der Waals surface area contributed by atoms with Gasteiger partial charge in [-0.1, -0.05) is 23.7 Å². The highest BCUT2D eigenvalue weighted by Gasteiger charge is 2.25. The second kappa shape index (κ2) is 4.14. The van der Waals surface area contributed by atoms with E-state index >= 15 is 0 Å². The third kappa shape index (κ3) is 1.88. The summed E-state index contributed by atoms with van der Waals surface area (Å²) >= 11 is 6.12. The number of carbonyl (C=O) groups is 2. The summed E-state index contributed by atoms with van der Waals surface area (Å²) in [6.45, 7) is 2.24. The minimum Gasteiger partial charge on any atom is -0.292 e. The maximum atomic E-state index is 11.6. The highest BCUT2D eigenvalue weighted by Crippen LogP contribution is 2.29. The van der Waals surface area contributed by atoms with E-state index in [-0.39, 0.29) is 5.91 Å². The molecule has 16 heavy (non-hydrogen) atoms. The number of amides is 3. The molecule has 0 aliphatic carbocycles. The summed E-state index contributed by atoms with van der Waals surface area (Å²) in [6, 6.07) is 5.06. The van der Waals surface area contributed by atoms with Gasteiger partial charge < -0.3 is 0 Å². The maximum Gasteiger partial charge on any atom is 0.328 e. The molecular weight excluding hydrogens is 228 g/mol. The van der Waals surface area contributed by atoms with Crippen molar-refractivity contribution in [2.24, 2.45) is 0 Å². The van der Waals surface area contributed by atoms with Gasteiger partial charge in [0.15, 0.2) is 0 Å². The summed E-state index contributed by atoms with van der Waals surface area (Å²) in [7, 11) is 0. The van der Waals surface area contributed by atoms with Gasteiger partial charge in [0.25, 0.3) is 0 Å². The van der Waals surface area contributed by atoms with Crippen molar-refractivity contribution >= 4 is 29.2 Å². The molecule has 0 aromatic heterocycles. The van der Waals surface area contributed by atoms with E-state index in [4.69, 9.17) is 11.6 Å². The standard InChI is InChI=1S/C11H11ClN2O2/c1-7-3-2-4-8(10(7)12)14-6-5-9(15)13-11(14)16/h2-4H,5-6H2,1H3,(H,13,15,16). The van der Waals surface area contributed by atoms with Crippen LogP contribution in [0.5, 0.6) is 0 Å². The van der Waals surface area contributed by atoms with Gasteiger partial charge in [0, 0.05) is 13.0 Å². The van der Waals surface area contributed by atoms with Gasteiger partial charge in [-0.3, -0.25) is 15.0 Å². The number of benzene rings is 1. The molecule has 2 rings (SSSR count). The Labute approximate surface area is 98.2 Å². The van der Waals surface area contributed by atoms with Crippen molar-refractivity contribution < 1.29 is 9.59 Å². The molecular formula is C11H11ClN2O2. The van der Waals surface area contributed by atoms with Crippen LogP contribution in [-0.4, -0.2) is 18.5 Å². The SMILES string of the molecule is Cc1cccc(N2CCC(=O)NC2=O)c1Cl. The van der Waals surface area contributed by atoms with E-state index < -0.39 is 6.03 Å². The summed E-state index contributed by atoms with van der Waals surface area (Å²) in [4.78, 5) is 24.1. The van der Waals surface area contributed by atoms with Gasteiger partial charge in [0.05, 0.1) is 10.7 Å². The fourth-order valence-corrected chi connectivity index (χ4v) is 1.86. The van der Waals surface area contributed by atoms with Crippen LogP contribution in [0.3, 0.4) is 0 Å². The van der Waals surface area contributed by atoms with Gasteiger partial charge in [-0.25, -0.2) is 4.79 Å². The number of hydrogen-bond acceptors (Lipinski definition) is 2. The Bertz CT molecular complexity index is 459. The Morgan fingerprint density at radius 1 is 1.38 bits per heavy atom. The van der Waals surface area contributed by atoms with Gasteiger partial charge in [-0.2, -0.15) is 0 Å². The van der Waals surface area contributed by atoms with Crippen LogP contribution in [0.1, 0.15) is 12.0 Å². The van der Waals surface area contributed by atoms with Crippen LogP contribution < -0.4 is 10.2 Å². The molecule has 1 aliphatic rings. The average Bonchev–Trinajstić information content (AvgIpc) is 2.23. The zero-order chi connectivity index (χ0) is 11.7. The molecule has 84 valence electrons. The van der Waals surface area contributed by atoms with E-state index in [0.717, 1.165) is 5.56 Å². The second-order valence-electron chi connectivity index (χ2n) is 3.66. The minimum atomic E-state index is -0.413. The first-order chi connectivity index (χ1) is 7.59. The predicted molar refractivity (Wildman–Crippen MR) is 61.7 cm³/mol. The van der Waals surface area contributed by atoms with Gasteiger partial charge in [-0.05, 0) is 18.6 Å². The molecule has 1 fully saturated rings. The molecule has 5 heteroatoms. The van der Waals surface area contributed by atoms with E-state index in [1.54, 1.807) is 6.07 Å². The quantitative estimate of drug-likeness (QED) is 0.815. The Hall–Kier alpha value is -1.55. The summed E-state index contributed by atoms with van der Waals surface area (Å²) in [5.41, 5.74) is 1.55. The van der Waals surface area contributed by atoms with Crippen LogP contribution in [0.2, 0.25) is 5.02 Å². The lowest BCUT2D eigenvalue weighted by atomic mass is 10.2. The Morgan fingerprint density at radius 2 is 2.12 bits per heavy atom. The molecule has 0 unspecified atom stereocenters. The van der Waals surface area contributed by atoms with Crippen molar-refractivity contribution in [3.63, 3.8) is 0 Å². The zero-order valence-electron chi connectivity index (χ0n) is 8.79. The summed E-state index contributed by atoms with van der Waals surface area (Å²) in [5.74, 6) is -0.245. The van der Waals surface area contributed by atoms with E-state index in [1.165, 1.54) is 4.90 Å². The Morgan fingerprint density at radius 3 is 2.81 bits per heavy atom. The van der Waals surface area contributed by atoms with E-state index in [0.29, 0.717) is 23.7 Å². The van der Waals surface area contributed by atoms with Crippen molar-refractivity contribution in [3.8, 4) is 0 Å². The van der Waals surface area contributed by atoms with E-state index in [2.05, 4.69) is 5.32 Å². The third-order valence-electron chi connectivity index (χ3n) is 2.52. The molecule has 3 amide bonds. The minimum absolute atomic E-state index is 0.245. The van der Waals surface area contributed by atoms with Crippen LogP contribution in [0.15, 0.2) is 18.2 Å². The first-order valence-electron chi connectivity index (χ1n) is 4.96. The maximum absolute atomic E-state index is 11.6. The van der Waals surface area contributed by atoms with Crippen LogP contribution in [0.4, 0.5) is 10.5 Å². The first-order valence-corrected chi connectivity index (χ1v) is 5.34. The molecule has 1 aromatic rings. The fourth-order valence-electron chi connectivity index (χ4n) is 1.63. The lowest BCUT2D eigenvalue weighted by Crippen LogP contribution is -2.49. The number of halogens is 1. The summed E-state index contributed by atoms with van der Waals surface area (Å²) in [6.07, 6.45) is 0.302. The normalized spacial score (nSPS) is 16.2. The lowest BCUT2D eigenvalue weighted by molar-refractivity contribution is -0.120. The second-order valence-corrected chi connectivity index (χ2v) is 4.04. The number of anilines is 1. The largest absolute Gasteiger partial charge is 0.328 e. The number of rotatable bonds is 1. The molecule has 4 nitrogen and oxygen atoms in total. The molecule has 0 saturated carbocycles. The molecule has 0 radical (unpaired) electrons. The number of hydrogen-bond donors (Lipinski definition) is 1. The van der Waals surface area contributed by atoms with Crippen molar-refractivity contribution in [1.82, 2.24) is 5.32 Å². The number of urea groups is 1. The number of imide groups is 1. The summed E-state index contributed by atoms with van der Waals surface area (Å²) in [5, 5.41) is 2.81. The zero-order valence-corrected chi connectivity index (χ0v) is 9.54. The van der Waals surface area contributed by atoms with Crippen LogP contribution in [0, 0.1) is 6.92 Å². The fraction of sp³-hybridized carbons (Fsp3) is 0.273. The van der Waals surface area contributed by atoms with Gasteiger partial charge in [0.1, 0.15) is 0 Å². The van der Waals surface area contributed by atoms with Gasteiger partial charge >= 0.3 is 6.03 Å². The lowest BCUT2D eigenvalue weighted by Gasteiger charge is -2.27. The molecule has 0 bridgehead atoms.